The molecule has 35 heavy (non-hydrogen) atoms. The van der Waals surface area contributed by atoms with Crippen molar-refractivity contribution in [2.45, 2.75) is 64.2 Å². The van der Waals surface area contributed by atoms with Crippen molar-refractivity contribution < 1.29 is 26.7 Å². The number of alkyl halides is 1. The highest BCUT2D eigenvalue weighted by atomic mass is 19.2. The lowest BCUT2D eigenvalue weighted by molar-refractivity contribution is 0.171. The molecule has 6 heteroatoms. The van der Waals surface area contributed by atoms with Crippen molar-refractivity contribution in [1.82, 2.24) is 0 Å². The SMILES string of the molecule is CCOc1ccc(-c2ccc(C3CCC(C4CCC(C=C(F)CF)CC4)CC3)cc2F)c(F)c1F. The van der Waals surface area contributed by atoms with Gasteiger partial charge in [0.15, 0.2) is 11.6 Å². The Morgan fingerprint density at radius 1 is 0.857 bits per heavy atom. The van der Waals surface area contributed by atoms with Crippen molar-refractivity contribution in [2.75, 3.05) is 13.3 Å². The van der Waals surface area contributed by atoms with Gasteiger partial charge in [0.25, 0.3) is 0 Å². The summed E-state index contributed by atoms with van der Waals surface area (Å²) in [5.74, 6) is -1.98. The Balaban J connectivity index is 1.37. The highest BCUT2D eigenvalue weighted by molar-refractivity contribution is 5.66. The van der Waals surface area contributed by atoms with Crippen molar-refractivity contribution in [3.63, 3.8) is 0 Å². The Kier molecular flexibility index (Phi) is 8.51. The van der Waals surface area contributed by atoms with E-state index in [0.29, 0.717) is 11.8 Å². The summed E-state index contributed by atoms with van der Waals surface area (Å²) in [6.07, 6.45) is 9.43. The van der Waals surface area contributed by atoms with Crippen LogP contribution in [0.25, 0.3) is 11.1 Å². The Morgan fingerprint density at radius 3 is 2.09 bits per heavy atom. The summed E-state index contributed by atoms with van der Waals surface area (Å²) in [5, 5.41) is 0. The van der Waals surface area contributed by atoms with Gasteiger partial charge in [-0.3, -0.25) is 0 Å². The van der Waals surface area contributed by atoms with Crippen LogP contribution in [0.1, 0.15) is 69.8 Å². The van der Waals surface area contributed by atoms with Crippen LogP contribution in [0.15, 0.2) is 42.2 Å². The zero-order valence-corrected chi connectivity index (χ0v) is 20.1. The molecule has 2 fully saturated rings. The van der Waals surface area contributed by atoms with Gasteiger partial charge >= 0.3 is 0 Å². The van der Waals surface area contributed by atoms with Gasteiger partial charge < -0.3 is 4.74 Å². The molecule has 0 aliphatic heterocycles. The molecule has 190 valence electrons. The van der Waals surface area contributed by atoms with Crippen molar-refractivity contribution in [3.05, 3.63) is 65.2 Å². The standard InChI is InChI=1S/C29H33F5O/c1-2-35-27-14-13-25(28(33)29(27)34)24-12-11-22(16-26(24)32)21-9-7-20(8-10-21)19-5-3-18(4-6-19)15-23(31)17-30/h11-16,18-21H,2-10,17H2,1H3. The van der Waals surface area contributed by atoms with E-state index in [0.717, 1.165) is 56.9 Å². The Labute approximate surface area is 204 Å². The van der Waals surface area contributed by atoms with Gasteiger partial charge in [0.05, 0.1) is 6.61 Å². The predicted molar refractivity (Wildman–Crippen MR) is 128 cm³/mol. The number of ether oxygens (including phenoxy) is 1. The number of halogens is 5. The maximum absolute atomic E-state index is 15.0. The van der Waals surface area contributed by atoms with Gasteiger partial charge in [-0.05, 0) is 112 Å². The molecule has 0 atom stereocenters. The first-order valence-corrected chi connectivity index (χ1v) is 12.7. The van der Waals surface area contributed by atoms with E-state index in [4.69, 9.17) is 4.74 Å². The van der Waals surface area contributed by atoms with Crippen LogP contribution in [-0.2, 0) is 0 Å². The second-order valence-corrected chi connectivity index (χ2v) is 9.95. The quantitative estimate of drug-likeness (QED) is 0.350. The molecular weight excluding hydrogens is 459 g/mol. The molecule has 0 heterocycles. The molecule has 1 nitrogen and oxygen atoms in total. The van der Waals surface area contributed by atoms with Gasteiger partial charge in [0, 0.05) is 11.1 Å². The number of allylic oxidation sites excluding steroid dienone is 2. The predicted octanol–water partition coefficient (Wildman–Crippen LogP) is 9.07. The minimum Gasteiger partial charge on any atom is -0.491 e. The third-order valence-corrected chi connectivity index (χ3v) is 7.90. The van der Waals surface area contributed by atoms with Crippen molar-refractivity contribution in [1.29, 1.82) is 0 Å². The molecule has 2 aromatic rings. The van der Waals surface area contributed by atoms with Crippen LogP contribution < -0.4 is 4.74 Å². The lowest BCUT2D eigenvalue weighted by Gasteiger charge is -2.37. The molecule has 0 bridgehead atoms. The van der Waals surface area contributed by atoms with E-state index in [1.54, 1.807) is 13.0 Å². The Morgan fingerprint density at radius 2 is 1.49 bits per heavy atom. The van der Waals surface area contributed by atoms with E-state index >= 15 is 0 Å². The minimum absolute atomic E-state index is 0.0388. The number of hydrogen-bond donors (Lipinski definition) is 0. The third-order valence-electron chi connectivity index (χ3n) is 7.90. The van der Waals surface area contributed by atoms with Crippen LogP contribution in [0.4, 0.5) is 22.0 Å². The summed E-state index contributed by atoms with van der Waals surface area (Å²) in [6, 6.07) is 7.51. The first kappa shape index (κ1) is 25.7. The minimum atomic E-state index is -1.11. The zero-order valence-electron chi connectivity index (χ0n) is 20.1. The third kappa shape index (κ3) is 5.90. The fourth-order valence-corrected chi connectivity index (χ4v) is 6.02. The largest absolute Gasteiger partial charge is 0.491 e. The van der Waals surface area contributed by atoms with Crippen LogP contribution in [0.2, 0.25) is 0 Å². The average molecular weight is 493 g/mol. The Hall–Kier alpha value is -2.37. The average Bonchev–Trinajstić information content (AvgIpc) is 2.88. The molecule has 2 aliphatic rings. The van der Waals surface area contributed by atoms with E-state index < -0.39 is 30.0 Å². The van der Waals surface area contributed by atoms with Crippen molar-refractivity contribution >= 4 is 0 Å². The fourth-order valence-electron chi connectivity index (χ4n) is 6.02. The van der Waals surface area contributed by atoms with Crippen LogP contribution in [-0.4, -0.2) is 13.3 Å². The molecular formula is C29H33F5O. The molecule has 0 N–H and O–H groups in total. The Bertz CT molecular complexity index is 1030. The summed E-state index contributed by atoms with van der Waals surface area (Å²) in [7, 11) is 0. The molecule has 4 rings (SSSR count). The van der Waals surface area contributed by atoms with Crippen LogP contribution in [0.5, 0.6) is 5.75 Å². The zero-order chi connectivity index (χ0) is 24.9. The van der Waals surface area contributed by atoms with E-state index in [1.807, 2.05) is 6.07 Å². The monoisotopic (exact) mass is 492 g/mol. The van der Waals surface area contributed by atoms with Gasteiger partial charge in [-0.15, -0.1) is 0 Å². The molecule has 2 aliphatic carbocycles. The van der Waals surface area contributed by atoms with E-state index in [9.17, 15) is 22.0 Å². The van der Waals surface area contributed by atoms with E-state index in [2.05, 4.69) is 0 Å². The van der Waals surface area contributed by atoms with Gasteiger partial charge in [-0.1, -0.05) is 12.1 Å². The lowest BCUT2D eigenvalue weighted by Crippen LogP contribution is -2.25. The molecule has 0 aromatic heterocycles. The molecule has 0 saturated heterocycles. The van der Waals surface area contributed by atoms with Crippen LogP contribution in [0.3, 0.4) is 0 Å². The van der Waals surface area contributed by atoms with Crippen LogP contribution in [0, 0.1) is 35.2 Å². The molecule has 0 amide bonds. The van der Waals surface area contributed by atoms with Gasteiger partial charge in [0.2, 0.25) is 5.82 Å². The second-order valence-electron chi connectivity index (χ2n) is 9.95. The summed E-state index contributed by atoms with van der Waals surface area (Å²) in [6.45, 7) is 0.871. The number of hydrogen-bond acceptors (Lipinski definition) is 1. The summed E-state index contributed by atoms with van der Waals surface area (Å²) in [5.41, 5.74) is 0.819. The second kappa shape index (κ2) is 11.6. The highest BCUT2D eigenvalue weighted by Gasteiger charge is 2.31. The summed E-state index contributed by atoms with van der Waals surface area (Å²) < 4.78 is 74.5. The summed E-state index contributed by atoms with van der Waals surface area (Å²) in [4.78, 5) is 0. The number of benzene rings is 2. The molecule has 2 saturated carbocycles. The van der Waals surface area contributed by atoms with Crippen molar-refractivity contribution in [2.24, 2.45) is 17.8 Å². The lowest BCUT2D eigenvalue weighted by atomic mass is 9.68. The van der Waals surface area contributed by atoms with Gasteiger partial charge in [-0.25, -0.2) is 17.6 Å². The van der Waals surface area contributed by atoms with E-state index in [1.165, 1.54) is 24.3 Å². The van der Waals surface area contributed by atoms with Gasteiger partial charge in [-0.2, -0.15) is 4.39 Å². The maximum Gasteiger partial charge on any atom is 0.201 e. The number of rotatable bonds is 7. The maximum atomic E-state index is 15.0. The molecule has 0 spiro atoms. The van der Waals surface area contributed by atoms with Gasteiger partial charge in [0.1, 0.15) is 18.3 Å². The molecule has 0 unspecified atom stereocenters. The topological polar surface area (TPSA) is 9.23 Å². The summed E-state index contributed by atoms with van der Waals surface area (Å²) >= 11 is 0. The highest BCUT2D eigenvalue weighted by Crippen LogP contribution is 2.44. The van der Waals surface area contributed by atoms with Crippen LogP contribution >= 0.6 is 0 Å². The smallest absolute Gasteiger partial charge is 0.201 e. The fraction of sp³-hybridized carbons (Fsp3) is 0.517. The normalized spacial score (nSPS) is 25.5. The molecule has 2 aromatic carbocycles. The van der Waals surface area contributed by atoms with E-state index in [-0.39, 0.29) is 35.3 Å². The molecule has 0 radical (unpaired) electrons. The van der Waals surface area contributed by atoms with Crippen molar-refractivity contribution in [3.8, 4) is 16.9 Å². The first-order valence-electron chi connectivity index (χ1n) is 12.7. The first-order chi connectivity index (χ1) is 16.9.